The Bertz CT molecular complexity index is 359. The number of hydrogen-bond acceptors (Lipinski definition) is 8. The molecule has 0 fully saturated rings. The highest BCUT2D eigenvalue weighted by Gasteiger charge is 2.30. The molecule has 10 heteroatoms. The predicted molar refractivity (Wildman–Crippen MR) is 64.0 cm³/mol. The number of hydrogen-bond donors (Lipinski definition) is 6. The Morgan fingerprint density at radius 1 is 1.16 bits per heavy atom. The summed E-state index contributed by atoms with van der Waals surface area (Å²) >= 11 is 0. The number of aliphatic hydroxyl groups is 4. The van der Waals surface area contributed by atoms with Gasteiger partial charge < -0.3 is 30.5 Å². The Hall–Kier alpha value is -0.620. The standard InChI is InChI=1S/C9H19NO8S/c11-4-6(8(14)9(15)7(13)5-12)10-2-1-3-19(16,17)18/h4,6-10,12-15H,1-3,5H2,(H,16,17,18)/t6-,7-,8-,9-/m1/s1. The Kier molecular flexibility index (Phi) is 8.25. The second-order valence-electron chi connectivity index (χ2n) is 3.99. The highest BCUT2D eigenvalue weighted by molar-refractivity contribution is 7.85. The summed E-state index contributed by atoms with van der Waals surface area (Å²) in [5.74, 6) is -0.510. The summed E-state index contributed by atoms with van der Waals surface area (Å²) in [5, 5.41) is 39.1. The van der Waals surface area contributed by atoms with Gasteiger partial charge in [-0.05, 0) is 13.0 Å². The van der Waals surface area contributed by atoms with Gasteiger partial charge in [0.2, 0.25) is 0 Å². The van der Waals surface area contributed by atoms with Crippen molar-refractivity contribution < 1.29 is 38.2 Å². The SMILES string of the molecule is O=C[C@@H](NCCCS(=O)(=O)O)[C@@H](O)[C@H](O)[C@H](O)CO. The minimum absolute atomic E-state index is 0.00541. The van der Waals surface area contributed by atoms with E-state index in [0.717, 1.165) is 0 Å². The molecule has 0 heterocycles. The molecule has 0 spiro atoms. The maximum absolute atomic E-state index is 10.7. The molecule has 0 aliphatic heterocycles. The van der Waals surface area contributed by atoms with Crippen LogP contribution in [-0.2, 0) is 14.9 Å². The van der Waals surface area contributed by atoms with E-state index >= 15 is 0 Å². The van der Waals surface area contributed by atoms with Crippen LogP contribution in [0.25, 0.3) is 0 Å². The normalized spacial score (nSPS) is 18.6. The molecular formula is C9H19NO8S. The average Bonchev–Trinajstić information content (AvgIpc) is 2.35. The Labute approximate surface area is 110 Å². The summed E-state index contributed by atoms with van der Waals surface area (Å²) in [7, 11) is -4.10. The smallest absolute Gasteiger partial charge is 0.264 e. The molecule has 0 aromatic rings. The molecular weight excluding hydrogens is 282 g/mol. The molecule has 0 radical (unpaired) electrons. The molecule has 6 N–H and O–H groups in total. The van der Waals surface area contributed by atoms with Crippen molar-refractivity contribution in [3.63, 3.8) is 0 Å². The molecule has 9 nitrogen and oxygen atoms in total. The summed E-state index contributed by atoms with van der Waals surface area (Å²) in [6, 6.07) is -1.24. The van der Waals surface area contributed by atoms with E-state index in [0.29, 0.717) is 0 Å². The van der Waals surface area contributed by atoms with Crippen LogP contribution in [-0.4, -0.2) is 82.9 Å². The molecule has 0 aliphatic carbocycles. The second-order valence-corrected chi connectivity index (χ2v) is 5.56. The van der Waals surface area contributed by atoms with Gasteiger partial charge in [-0.1, -0.05) is 0 Å². The number of aliphatic hydroxyl groups excluding tert-OH is 4. The van der Waals surface area contributed by atoms with Crippen molar-refractivity contribution in [1.29, 1.82) is 0 Å². The van der Waals surface area contributed by atoms with Crippen molar-refractivity contribution in [3.8, 4) is 0 Å². The monoisotopic (exact) mass is 301 g/mol. The van der Waals surface area contributed by atoms with Crippen LogP contribution in [0, 0.1) is 0 Å². The Morgan fingerprint density at radius 3 is 2.16 bits per heavy atom. The van der Waals surface area contributed by atoms with Crippen molar-refractivity contribution in [2.24, 2.45) is 0 Å². The second kappa shape index (κ2) is 8.53. The van der Waals surface area contributed by atoms with Gasteiger partial charge in [-0.25, -0.2) is 0 Å². The van der Waals surface area contributed by atoms with E-state index in [-0.39, 0.29) is 19.3 Å². The van der Waals surface area contributed by atoms with Crippen molar-refractivity contribution in [3.05, 3.63) is 0 Å². The van der Waals surface area contributed by atoms with Crippen LogP contribution in [0.1, 0.15) is 6.42 Å². The molecule has 0 rings (SSSR count). The van der Waals surface area contributed by atoms with E-state index in [1.807, 2.05) is 0 Å². The summed E-state index contributed by atoms with van der Waals surface area (Å²) in [6.45, 7) is -0.797. The molecule has 0 aliphatic rings. The van der Waals surface area contributed by atoms with Gasteiger partial charge in [-0.3, -0.25) is 4.55 Å². The molecule has 0 bridgehead atoms. The zero-order valence-electron chi connectivity index (χ0n) is 10.1. The number of carbonyl (C=O) groups excluding carboxylic acids is 1. The molecule has 0 aromatic carbocycles. The average molecular weight is 301 g/mol. The van der Waals surface area contributed by atoms with Crippen molar-refractivity contribution in [2.45, 2.75) is 30.8 Å². The van der Waals surface area contributed by atoms with E-state index < -0.39 is 46.8 Å². The highest BCUT2D eigenvalue weighted by Crippen LogP contribution is 2.04. The topological polar surface area (TPSA) is 164 Å². The van der Waals surface area contributed by atoms with Crippen LogP contribution in [0.5, 0.6) is 0 Å². The maximum Gasteiger partial charge on any atom is 0.264 e. The van der Waals surface area contributed by atoms with E-state index in [1.54, 1.807) is 0 Å². The third kappa shape index (κ3) is 7.52. The van der Waals surface area contributed by atoms with Crippen LogP contribution in [0.4, 0.5) is 0 Å². The highest BCUT2D eigenvalue weighted by atomic mass is 32.2. The number of nitrogens with one attached hydrogen (secondary N) is 1. The Balaban J connectivity index is 4.23. The van der Waals surface area contributed by atoms with Gasteiger partial charge in [0.15, 0.2) is 0 Å². The Morgan fingerprint density at radius 2 is 1.74 bits per heavy atom. The lowest BCUT2D eigenvalue weighted by Crippen LogP contribution is -2.52. The number of aldehydes is 1. The maximum atomic E-state index is 10.7. The quantitative estimate of drug-likeness (QED) is 0.136. The van der Waals surface area contributed by atoms with Crippen LogP contribution >= 0.6 is 0 Å². The minimum Gasteiger partial charge on any atom is -0.394 e. The van der Waals surface area contributed by atoms with Crippen molar-refractivity contribution in [2.75, 3.05) is 18.9 Å². The van der Waals surface area contributed by atoms with E-state index in [2.05, 4.69) is 5.32 Å². The summed E-state index contributed by atoms with van der Waals surface area (Å²) in [4.78, 5) is 10.7. The van der Waals surface area contributed by atoms with Gasteiger partial charge in [0.1, 0.15) is 24.6 Å². The molecule has 19 heavy (non-hydrogen) atoms. The van der Waals surface area contributed by atoms with Crippen molar-refractivity contribution in [1.82, 2.24) is 5.32 Å². The van der Waals surface area contributed by atoms with Gasteiger partial charge in [0.05, 0.1) is 18.4 Å². The molecule has 0 amide bonds. The van der Waals surface area contributed by atoms with E-state index in [1.165, 1.54) is 0 Å². The van der Waals surface area contributed by atoms with Crippen LogP contribution in [0.2, 0.25) is 0 Å². The first-order valence-electron chi connectivity index (χ1n) is 5.51. The fraction of sp³-hybridized carbons (Fsp3) is 0.889. The fourth-order valence-corrected chi connectivity index (χ4v) is 1.83. The lowest BCUT2D eigenvalue weighted by atomic mass is 10.0. The first-order chi connectivity index (χ1) is 8.72. The van der Waals surface area contributed by atoms with Gasteiger partial charge in [0, 0.05) is 0 Å². The van der Waals surface area contributed by atoms with E-state index in [4.69, 9.17) is 14.8 Å². The summed E-state index contributed by atoms with van der Waals surface area (Å²) in [5.41, 5.74) is 0. The van der Waals surface area contributed by atoms with Crippen molar-refractivity contribution >= 4 is 16.4 Å². The third-order valence-corrected chi connectivity index (χ3v) is 3.21. The van der Waals surface area contributed by atoms with E-state index in [9.17, 15) is 23.4 Å². The first-order valence-corrected chi connectivity index (χ1v) is 7.12. The number of rotatable bonds is 10. The van der Waals surface area contributed by atoms with Gasteiger partial charge in [0.25, 0.3) is 10.1 Å². The molecule has 0 unspecified atom stereocenters. The minimum atomic E-state index is -4.10. The van der Waals surface area contributed by atoms with Gasteiger partial charge in [-0.2, -0.15) is 8.42 Å². The van der Waals surface area contributed by atoms with Gasteiger partial charge in [-0.15, -0.1) is 0 Å². The number of carbonyl (C=O) groups is 1. The molecule has 0 saturated heterocycles. The zero-order valence-corrected chi connectivity index (χ0v) is 10.9. The lowest BCUT2D eigenvalue weighted by molar-refractivity contribution is -0.120. The zero-order chi connectivity index (χ0) is 15.1. The third-order valence-electron chi connectivity index (χ3n) is 2.40. The van der Waals surface area contributed by atoms with Crippen LogP contribution in [0.3, 0.4) is 0 Å². The molecule has 114 valence electrons. The molecule has 0 aromatic heterocycles. The predicted octanol–water partition coefficient (Wildman–Crippen LogP) is -3.50. The molecule has 4 atom stereocenters. The summed E-state index contributed by atoms with van der Waals surface area (Å²) < 4.78 is 29.3. The summed E-state index contributed by atoms with van der Waals surface area (Å²) in [6.07, 6.45) is -4.71. The van der Waals surface area contributed by atoms with Gasteiger partial charge >= 0.3 is 0 Å². The van der Waals surface area contributed by atoms with Crippen LogP contribution < -0.4 is 5.32 Å². The largest absolute Gasteiger partial charge is 0.394 e. The first kappa shape index (κ1) is 18.4. The fourth-order valence-electron chi connectivity index (χ4n) is 1.32. The van der Waals surface area contributed by atoms with Crippen LogP contribution in [0.15, 0.2) is 0 Å². The lowest BCUT2D eigenvalue weighted by Gasteiger charge is -2.26. The molecule has 0 saturated carbocycles.